The number of nitrogens with one attached hydrogen (secondary N) is 1. The molecule has 0 atom stereocenters. The molecule has 14 heavy (non-hydrogen) atoms. The molecule has 0 aliphatic heterocycles. The van der Waals surface area contributed by atoms with Gasteiger partial charge in [-0.25, -0.2) is 0 Å². The third-order valence-electron chi connectivity index (χ3n) is 2.48. The molecule has 1 aromatic carbocycles. The van der Waals surface area contributed by atoms with Crippen LogP contribution in [0.5, 0.6) is 0 Å². The predicted octanol–water partition coefficient (Wildman–Crippen LogP) is 3.72. The molecule has 0 amide bonds. The quantitative estimate of drug-likeness (QED) is 0.740. The van der Waals surface area contributed by atoms with E-state index in [1.807, 2.05) is 18.2 Å². The van der Waals surface area contributed by atoms with Gasteiger partial charge in [-0.1, -0.05) is 24.3 Å². The lowest BCUT2D eigenvalue weighted by Gasteiger charge is -2.14. The molecule has 2 rings (SSSR count). The third-order valence-corrected chi connectivity index (χ3v) is 2.48. The number of para-hydroxylation sites is 1. The van der Waals surface area contributed by atoms with Crippen LogP contribution in [0.25, 0.3) is 0 Å². The summed E-state index contributed by atoms with van der Waals surface area (Å²) < 4.78 is 0. The van der Waals surface area contributed by atoms with E-state index >= 15 is 0 Å². The maximum absolute atomic E-state index is 3.42. The number of rotatable bonds is 2. The number of allylic oxidation sites excluding steroid dienone is 3. The number of anilines is 1. The zero-order chi connectivity index (χ0) is 9.80. The highest BCUT2D eigenvalue weighted by Crippen LogP contribution is 2.20. The lowest BCUT2D eigenvalue weighted by molar-refractivity contribution is 0.941. The molecule has 0 fully saturated rings. The molecule has 1 aromatic rings. The SMILES string of the molecule is CC1=C(Nc2ccccc2)C=CCC1. The van der Waals surface area contributed by atoms with Crippen LogP contribution in [-0.4, -0.2) is 0 Å². The van der Waals surface area contributed by atoms with Gasteiger partial charge < -0.3 is 5.32 Å². The van der Waals surface area contributed by atoms with Crippen LogP contribution in [0.3, 0.4) is 0 Å². The van der Waals surface area contributed by atoms with Gasteiger partial charge in [-0.05, 0) is 43.5 Å². The monoisotopic (exact) mass is 185 g/mol. The Morgan fingerprint density at radius 2 is 1.93 bits per heavy atom. The first-order valence-corrected chi connectivity index (χ1v) is 5.04. The topological polar surface area (TPSA) is 12.0 Å². The highest BCUT2D eigenvalue weighted by atomic mass is 14.9. The van der Waals surface area contributed by atoms with Gasteiger partial charge in [-0.3, -0.25) is 0 Å². The van der Waals surface area contributed by atoms with Gasteiger partial charge in [0.05, 0.1) is 0 Å². The smallest absolute Gasteiger partial charge is 0.0384 e. The second-order valence-electron chi connectivity index (χ2n) is 3.63. The molecule has 72 valence electrons. The molecule has 0 radical (unpaired) electrons. The van der Waals surface area contributed by atoms with Crippen LogP contribution in [0, 0.1) is 0 Å². The van der Waals surface area contributed by atoms with Gasteiger partial charge in [0.25, 0.3) is 0 Å². The Bertz CT molecular complexity index is 360. The van der Waals surface area contributed by atoms with Gasteiger partial charge in [0.15, 0.2) is 0 Å². The molecular formula is C13H15N. The minimum absolute atomic E-state index is 1.16. The molecule has 0 saturated carbocycles. The highest BCUT2D eigenvalue weighted by Gasteiger charge is 2.03. The Kier molecular flexibility index (Phi) is 2.68. The molecular weight excluding hydrogens is 170 g/mol. The van der Waals surface area contributed by atoms with Crippen LogP contribution >= 0.6 is 0 Å². The van der Waals surface area contributed by atoms with Gasteiger partial charge in [0, 0.05) is 11.4 Å². The zero-order valence-electron chi connectivity index (χ0n) is 8.46. The van der Waals surface area contributed by atoms with E-state index in [2.05, 4.69) is 36.5 Å². The fourth-order valence-corrected chi connectivity index (χ4v) is 1.60. The van der Waals surface area contributed by atoms with Crippen LogP contribution in [0.15, 0.2) is 53.8 Å². The van der Waals surface area contributed by atoms with E-state index in [0.29, 0.717) is 0 Å². The zero-order valence-corrected chi connectivity index (χ0v) is 8.46. The highest BCUT2D eigenvalue weighted by molar-refractivity contribution is 5.52. The van der Waals surface area contributed by atoms with Crippen molar-refractivity contribution in [2.75, 3.05) is 5.32 Å². The fourth-order valence-electron chi connectivity index (χ4n) is 1.60. The van der Waals surface area contributed by atoms with Crippen molar-refractivity contribution in [1.29, 1.82) is 0 Å². The number of hydrogen-bond donors (Lipinski definition) is 1. The van der Waals surface area contributed by atoms with E-state index in [-0.39, 0.29) is 0 Å². The Hall–Kier alpha value is -1.50. The van der Waals surface area contributed by atoms with Crippen molar-refractivity contribution in [3.63, 3.8) is 0 Å². The molecule has 0 heterocycles. The summed E-state index contributed by atoms with van der Waals surface area (Å²) in [6, 6.07) is 10.3. The van der Waals surface area contributed by atoms with Gasteiger partial charge in [0.2, 0.25) is 0 Å². The van der Waals surface area contributed by atoms with Gasteiger partial charge in [-0.15, -0.1) is 0 Å². The first-order chi connectivity index (χ1) is 6.86. The summed E-state index contributed by atoms with van der Waals surface area (Å²) >= 11 is 0. The summed E-state index contributed by atoms with van der Waals surface area (Å²) in [6.45, 7) is 2.19. The van der Waals surface area contributed by atoms with Gasteiger partial charge in [0.1, 0.15) is 0 Å². The molecule has 1 N–H and O–H groups in total. The maximum atomic E-state index is 3.42. The molecule has 1 aliphatic carbocycles. The van der Waals surface area contributed by atoms with E-state index in [9.17, 15) is 0 Å². The molecule has 0 unspecified atom stereocenters. The maximum Gasteiger partial charge on any atom is 0.0384 e. The van der Waals surface area contributed by atoms with E-state index in [1.54, 1.807) is 0 Å². The first-order valence-electron chi connectivity index (χ1n) is 5.04. The molecule has 0 aromatic heterocycles. The van der Waals surface area contributed by atoms with Crippen molar-refractivity contribution in [3.8, 4) is 0 Å². The summed E-state index contributed by atoms with van der Waals surface area (Å²) in [6.07, 6.45) is 6.74. The van der Waals surface area contributed by atoms with Crippen LogP contribution in [0.4, 0.5) is 5.69 Å². The predicted molar refractivity (Wildman–Crippen MR) is 61.1 cm³/mol. The number of benzene rings is 1. The second-order valence-corrected chi connectivity index (χ2v) is 3.63. The van der Waals surface area contributed by atoms with Crippen LogP contribution in [0.2, 0.25) is 0 Å². The van der Waals surface area contributed by atoms with Crippen molar-refractivity contribution < 1.29 is 0 Å². The third kappa shape index (κ3) is 2.05. The standard InChI is InChI=1S/C13H15N/c1-11-7-5-6-10-13(11)14-12-8-3-2-4-9-12/h2-4,6,8-10,14H,5,7H2,1H3. The number of hydrogen-bond acceptors (Lipinski definition) is 1. The molecule has 0 saturated heterocycles. The molecule has 1 aliphatic rings. The molecule has 0 spiro atoms. The average Bonchev–Trinajstić information content (AvgIpc) is 2.23. The lowest BCUT2D eigenvalue weighted by Crippen LogP contribution is -2.02. The Morgan fingerprint density at radius 3 is 2.64 bits per heavy atom. The van der Waals surface area contributed by atoms with E-state index < -0.39 is 0 Å². The molecule has 1 nitrogen and oxygen atoms in total. The molecule has 1 heteroatoms. The minimum Gasteiger partial charge on any atom is -0.356 e. The van der Waals surface area contributed by atoms with Crippen molar-refractivity contribution in [2.45, 2.75) is 19.8 Å². The van der Waals surface area contributed by atoms with E-state index in [0.717, 1.165) is 5.69 Å². The van der Waals surface area contributed by atoms with Crippen LogP contribution in [0.1, 0.15) is 19.8 Å². The average molecular weight is 185 g/mol. The molecule has 0 bridgehead atoms. The van der Waals surface area contributed by atoms with Gasteiger partial charge >= 0.3 is 0 Å². The largest absolute Gasteiger partial charge is 0.356 e. The summed E-state index contributed by atoms with van der Waals surface area (Å²) in [5.41, 5.74) is 3.85. The Balaban J connectivity index is 2.15. The van der Waals surface area contributed by atoms with Crippen LogP contribution < -0.4 is 5.32 Å². The van der Waals surface area contributed by atoms with E-state index in [1.165, 1.54) is 24.1 Å². The van der Waals surface area contributed by atoms with Crippen molar-refractivity contribution in [3.05, 3.63) is 53.8 Å². The van der Waals surface area contributed by atoms with Crippen LogP contribution in [-0.2, 0) is 0 Å². The van der Waals surface area contributed by atoms with E-state index in [4.69, 9.17) is 0 Å². The van der Waals surface area contributed by atoms with Crippen molar-refractivity contribution >= 4 is 5.69 Å². The Morgan fingerprint density at radius 1 is 1.14 bits per heavy atom. The summed E-state index contributed by atoms with van der Waals surface area (Å²) in [5, 5.41) is 3.42. The fraction of sp³-hybridized carbons (Fsp3) is 0.231. The summed E-state index contributed by atoms with van der Waals surface area (Å²) in [7, 11) is 0. The Labute approximate surface area is 85.2 Å². The lowest BCUT2D eigenvalue weighted by atomic mass is 10.0. The second kappa shape index (κ2) is 4.14. The van der Waals surface area contributed by atoms with Crippen molar-refractivity contribution in [1.82, 2.24) is 0 Å². The van der Waals surface area contributed by atoms with Gasteiger partial charge in [-0.2, -0.15) is 0 Å². The first kappa shape index (κ1) is 9.07. The minimum atomic E-state index is 1.16. The summed E-state index contributed by atoms with van der Waals surface area (Å²) in [4.78, 5) is 0. The van der Waals surface area contributed by atoms with Crippen molar-refractivity contribution in [2.24, 2.45) is 0 Å². The normalized spacial score (nSPS) is 15.8. The summed E-state index contributed by atoms with van der Waals surface area (Å²) in [5.74, 6) is 0.